The molecule has 1 aromatic heterocycles. The van der Waals surface area contributed by atoms with Crippen LogP contribution in [0.3, 0.4) is 0 Å². The first-order valence-corrected chi connectivity index (χ1v) is 9.21. The summed E-state index contributed by atoms with van der Waals surface area (Å²) >= 11 is 0. The maximum atomic E-state index is 11.2. The fraction of sp³-hybridized carbons (Fsp3) is 0.500. The number of hydrogen-bond donors (Lipinski definition) is 2. The van der Waals surface area contributed by atoms with E-state index < -0.39 is 16.1 Å². The Hall–Kier alpha value is -1.55. The van der Waals surface area contributed by atoms with Gasteiger partial charge >= 0.3 is 0 Å². The quantitative estimate of drug-likeness (QED) is 0.786. The molecular formula is C14H21ClN4O4S. The Morgan fingerprint density at radius 3 is 2.92 bits per heavy atom. The fourth-order valence-electron chi connectivity index (χ4n) is 2.50. The smallest absolute Gasteiger partial charge is 0.208 e. The van der Waals surface area contributed by atoms with Crippen molar-refractivity contribution in [3.63, 3.8) is 0 Å². The summed E-state index contributed by atoms with van der Waals surface area (Å²) < 4.78 is 38.4. The third-order valence-electron chi connectivity index (χ3n) is 3.46. The Morgan fingerprint density at radius 1 is 1.50 bits per heavy atom. The van der Waals surface area contributed by atoms with Crippen molar-refractivity contribution in [3.05, 3.63) is 18.3 Å². The molecule has 24 heavy (non-hydrogen) atoms. The highest BCUT2D eigenvalue weighted by molar-refractivity contribution is 7.88. The zero-order chi connectivity index (χ0) is 16.6. The molecule has 0 spiro atoms. The Bertz CT molecular complexity index is 822. The van der Waals surface area contributed by atoms with Gasteiger partial charge in [-0.05, 0) is 19.1 Å². The summed E-state index contributed by atoms with van der Waals surface area (Å²) in [5, 5.41) is 5.26. The van der Waals surface area contributed by atoms with Gasteiger partial charge in [-0.2, -0.15) is 5.10 Å². The summed E-state index contributed by atoms with van der Waals surface area (Å²) in [6, 6.07) is 3.69. The summed E-state index contributed by atoms with van der Waals surface area (Å²) in [6.45, 7) is 2.88. The van der Waals surface area contributed by atoms with Crippen LogP contribution in [0.15, 0.2) is 18.3 Å². The second-order valence-corrected chi connectivity index (χ2v) is 7.64. The summed E-state index contributed by atoms with van der Waals surface area (Å²) in [4.78, 5) is 0. The monoisotopic (exact) mass is 376 g/mol. The third kappa shape index (κ3) is 4.10. The molecule has 0 aliphatic carbocycles. The van der Waals surface area contributed by atoms with Crippen LogP contribution >= 0.6 is 12.4 Å². The molecule has 1 aliphatic heterocycles. The maximum Gasteiger partial charge on any atom is 0.208 e. The predicted octanol–water partition coefficient (Wildman–Crippen LogP) is 0.494. The molecule has 0 fully saturated rings. The molecule has 2 atom stereocenters. The van der Waals surface area contributed by atoms with E-state index in [1.165, 1.54) is 0 Å². The lowest BCUT2D eigenvalue weighted by atomic mass is 10.2. The molecule has 1 aliphatic rings. The lowest BCUT2D eigenvalue weighted by Crippen LogP contribution is -2.40. The van der Waals surface area contributed by atoms with Crippen LogP contribution in [0.4, 0.5) is 0 Å². The first-order chi connectivity index (χ1) is 10.8. The van der Waals surface area contributed by atoms with E-state index >= 15 is 0 Å². The summed E-state index contributed by atoms with van der Waals surface area (Å²) in [6.07, 6.45) is 2.46. The summed E-state index contributed by atoms with van der Waals surface area (Å²) in [5.41, 5.74) is 6.67. The van der Waals surface area contributed by atoms with Crippen LogP contribution in [0.5, 0.6) is 11.5 Å². The van der Waals surface area contributed by atoms with Crippen LogP contribution in [-0.2, 0) is 16.6 Å². The molecule has 1 aromatic carbocycles. The Balaban J connectivity index is 0.00000208. The number of sulfonamides is 1. The Kier molecular flexibility index (Phi) is 5.59. The SMILES string of the molecule is C[C@H](N)Cn1ncc2ccc3c(c21)O[C@@H](CNS(C)(=O)=O)CO3.Cl. The van der Waals surface area contributed by atoms with E-state index in [2.05, 4.69) is 9.82 Å². The minimum atomic E-state index is -3.28. The molecule has 8 nitrogen and oxygen atoms in total. The van der Waals surface area contributed by atoms with Crippen LogP contribution < -0.4 is 19.9 Å². The highest BCUT2D eigenvalue weighted by atomic mass is 35.5. The maximum absolute atomic E-state index is 11.2. The number of ether oxygens (including phenoxy) is 2. The van der Waals surface area contributed by atoms with E-state index in [-0.39, 0.29) is 31.6 Å². The van der Waals surface area contributed by atoms with Gasteiger partial charge in [0.05, 0.1) is 25.5 Å². The zero-order valence-corrected chi connectivity index (χ0v) is 15.1. The molecule has 0 amide bonds. The highest BCUT2D eigenvalue weighted by Crippen LogP contribution is 2.38. The lowest BCUT2D eigenvalue weighted by molar-refractivity contribution is 0.0958. The number of benzene rings is 1. The molecular weight excluding hydrogens is 356 g/mol. The topological polar surface area (TPSA) is 108 Å². The second-order valence-electron chi connectivity index (χ2n) is 5.81. The number of nitrogens with two attached hydrogens (primary N) is 1. The van der Waals surface area contributed by atoms with Gasteiger partial charge in [0.1, 0.15) is 18.2 Å². The van der Waals surface area contributed by atoms with Crippen molar-refractivity contribution < 1.29 is 17.9 Å². The van der Waals surface area contributed by atoms with E-state index in [4.69, 9.17) is 15.2 Å². The largest absolute Gasteiger partial charge is 0.486 e. The molecule has 2 heterocycles. The Labute approximate surface area is 146 Å². The van der Waals surface area contributed by atoms with E-state index in [9.17, 15) is 8.42 Å². The van der Waals surface area contributed by atoms with E-state index in [1.807, 2.05) is 19.1 Å². The molecule has 2 aromatic rings. The minimum absolute atomic E-state index is 0. The molecule has 0 unspecified atom stereocenters. The second kappa shape index (κ2) is 7.14. The van der Waals surface area contributed by atoms with Crippen LogP contribution in [0.1, 0.15) is 6.92 Å². The zero-order valence-electron chi connectivity index (χ0n) is 13.4. The van der Waals surface area contributed by atoms with Crippen LogP contribution in [0.2, 0.25) is 0 Å². The molecule has 3 rings (SSSR count). The van der Waals surface area contributed by atoms with Gasteiger partial charge in [0, 0.05) is 11.4 Å². The summed E-state index contributed by atoms with van der Waals surface area (Å²) in [7, 11) is -3.28. The number of hydrogen-bond acceptors (Lipinski definition) is 6. The molecule has 3 N–H and O–H groups in total. The van der Waals surface area contributed by atoms with Crippen molar-refractivity contribution in [3.8, 4) is 11.5 Å². The van der Waals surface area contributed by atoms with E-state index in [1.54, 1.807) is 10.9 Å². The number of nitrogens with zero attached hydrogens (tertiary/aromatic N) is 2. The van der Waals surface area contributed by atoms with Gasteiger partial charge < -0.3 is 15.2 Å². The number of nitrogens with one attached hydrogen (secondary N) is 1. The van der Waals surface area contributed by atoms with Crippen LogP contribution in [0, 0.1) is 0 Å². The van der Waals surface area contributed by atoms with Gasteiger partial charge in [-0.1, -0.05) is 0 Å². The molecule has 0 bridgehead atoms. The van der Waals surface area contributed by atoms with E-state index in [0.717, 1.165) is 17.2 Å². The van der Waals surface area contributed by atoms with Gasteiger partial charge in [-0.3, -0.25) is 4.68 Å². The van der Waals surface area contributed by atoms with Gasteiger partial charge in [0.15, 0.2) is 11.5 Å². The normalized spacial score (nSPS) is 18.2. The number of rotatable bonds is 5. The third-order valence-corrected chi connectivity index (χ3v) is 4.16. The Morgan fingerprint density at radius 2 is 2.25 bits per heavy atom. The lowest BCUT2D eigenvalue weighted by Gasteiger charge is -2.27. The number of halogens is 1. The molecule has 10 heteroatoms. The molecule has 0 saturated heterocycles. The molecule has 0 radical (unpaired) electrons. The van der Waals surface area contributed by atoms with Crippen LogP contribution in [0.25, 0.3) is 10.9 Å². The summed E-state index contributed by atoms with van der Waals surface area (Å²) in [5.74, 6) is 1.20. The van der Waals surface area contributed by atoms with Gasteiger partial charge in [0.25, 0.3) is 0 Å². The van der Waals surface area contributed by atoms with Crippen molar-refractivity contribution in [2.24, 2.45) is 5.73 Å². The minimum Gasteiger partial charge on any atom is -0.486 e. The van der Waals surface area contributed by atoms with Crippen molar-refractivity contribution in [2.75, 3.05) is 19.4 Å². The van der Waals surface area contributed by atoms with Crippen molar-refractivity contribution in [2.45, 2.75) is 25.6 Å². The average molecular weight is 377 g/mol. The standard InChI is InChI=1S/C14H20N4O4S.ClH/c1-9(15)7-18-13-10(5-16-18)3-4-12-14(13)22-11(8-21-12)6-17-23(2,19)20;/h3-5,9,11,17H,6-8,15H2,1-2H3;1H/t9-,11-;/m0./s1. The fourth-order valence-corrected chi connectivity index (χ4v) is 2.98. The van der Waals surface area contributed by atoms with E-state index in [0.29, 0.717) is 18.0 Å². The number of fused-ring (bicyclic) bond motifs is 3. The highest BCUT2D eigenvalue weighted by Gasteiger charge is 2.25. The average Bonchev–Trinajstić information content (AvgIpc) is 2.87. The van der Waals surface area contributed by atoms with Crippen molar-refractivity contribution in [1.29, 1.82) is 0 Å². The molecule has 134 valence electrons. The van der Waals surface area contributed by atoms with Gasteiger partial charge in [0.2, 0.25) is 10.0 Å². The van der Waals surface area contributed by atoms with Crippen molar-refractivity contribution in [1.82, 2.24) is 14.5 Å². The first-order valence-electron chi connectivity index (χ1n) is 7.31. The molecule has 0 saturated carbocycles. The predicted molar refractivity (Wildman–Crippen MR) is 93.4 cm³/mol. The van der Waals surface area contributed by atoms with Crippen LogP contribution in [-0.4, -0.2) is 49.8 Å². The van der Waals surface area contributed by atoms with Gasteiger partial charge in [-0.15, -0.1) is 12.4 Å². The van der Waals surface area contributed by atoms with Gasteiger partial charge in [-0.25, -0.2) is 13.1 Å². The van der Waals surface area contributed by atoms with Crippen molar-refractivity contribution >= 4 is 33.3 Å². The first kappa shape index (κ1) is 18.8. The number of aromatic nitrogens is 2.